The van der Waals surface area contributed by atoms with Gasteiger partial charge in [0, 0.05) is 58.2 Å². The van der Waals surface area contributed by atoms with Crippen molar-refractivity contribution in [1.82, 2.24) is 10.2 Å². The van der Waals surface area contributed by atoms with Crippen molar-refractivity contribution in [2.45, 2.75) is 12.5 Å². The Labute approximate surface area is 213 Å². The summed E-state index contributed by atoms with van der Waals surface area (Å²) in [6.07, 6.45) is 0.328. The number of hydrogen-bond acceptors (Lipinski definition) is 5. The zero-order valence-electron chi connectivity index (χ0n) is 21.3. The number of methoxy groups -OCH3 is 1. The Kier molecular flexibility index (Phi) is 8.44. The van der Waals surface area contributed by atoms with E-state index in [0.717, 1.165) is 48.9 Å². The summed E-state index contributed by atoms with van der Waals surface area (Å²) in [7, 11) is 5.69. The minimum absolute atomic E-state index is 0.0000247. The molecule has 1 aliphatic heterocycles. The molecule has 6 nitrogen and oxygen atoms in total. The fourth-order valence-corrected chi connectivity index (χ4v) is 4.60. The molecule has 0 aliphatic carbocycles. The molecular weight excluding hydrogens is 455 g/mol. The number of nitrogens with one attached hydrogen (secondary N) is 1. The van der Waals surface area contributed by atoms with E-state index in [1.807, 2.05) is 50.5 Å². The van der Waals surface area contributed by atoms with Crippen LogP contribution in [0.3, 0.4) is 0 Å². The summed E-state index contributed by atoms with van der Waals surface area (Å²) >= 11 is 0. The first-order chi connectivity index (χ1) is 17.4. The van der Waals surface area contributed by atoms with Gasteiger partial charge in [0.15, 0.2) is 0 Å². The second-order valence-corrected chi connectivity index (χ2v) is 9.33. The van der Waals surface area contributed by atoms with Gasteiger partial charge in [-0.2, -0.15) is 0 Å². The number of nitrogens with zero attached hydrogens (tertiary/aromatic N) is 3. The maximum atomic E-state index is 13.3. The fraction of sp³-hybridized carbons (Fsp3) is 0.345. The van der Waals surface area contributed by atoms with Crippen molar-refractivity contribution >= 4 is 17.3 Å². The topological polar surface area (TPSA) is 48.1 Å². The summed E-state index contributed by atoms with van der Waals surface area (Å²) in [6.45, 7) is 3.93. The van der Waals surface area contributed by atoms with E-state index in [2.05, 4.69) is 44.3 Å². The SMILES string of the molecule is COc1ccc(CC(=O)NCC(c2ccc(N(C)C)cc2)N2CCN(c3ccc(F)cc3)CC2)cc1. The van der Waals surface area contributed by atoms with Crippen molar-refractivity contribution in [3.63, 3.8) is 0 Å². The van der Waals surface area contributed by atoms with Gasteiger partial charge in [-0.05, 0) is 59.7 Å². The number of rotatable bonds is 9. The third kappa shape index (κ3) is 6.55. The van der Waals surface area contributed by atoms with Crippen LogP contribution in [0, 0.1) is 5.82 Å². The van der Waals surface area contributed by atoms with Crippen LogP contribution in [0.25, 0.3) is 0 Å². The number of ether oxygens (including phenoxy) is 1. The van der Waals surface area contributed by atoms with E-state index in [4.69, 9.17) is 4.74 Å². The van der Waals surface area contributed by atoms with Gasteiger partial charge in [-0.15, -0.1) is 0 Å². The number of piperazine rings is 1. The Morgan fingerprint density at radius 1 is 0.944 bits per heavy atom. The first-order valence-corrected chi connectivity index (χ1v) is 12.3. The van der Waals surface area contributed by atoms with E-state index in [1.54, 1.807) is 7.11 Å². The highest BCUT2D eigenvalue weighted by atomic mass is 19.1. The van der Waals surface area contributed by atoms with Gasteiger partial charge < -0.3 is 19.9 Å². The molecule has 0 bridgehead atoms. The third-order valence-corrected chi connectivity index (χ3v) is 6.76. The summed E-state index contributed by atoms with van der Waals surface area (Å²) in [4.78, 5) is 19.6. The minimum atomic E-state index is -0.219. The lowest BCUT2D eigenvalue weighted by molar-refractivity contribution is -0.120. The molecule has 1 heterocycles. The Balaban J connectivity index is 1.42. The molecule has 1 fully saturated rings. The van der Waals surface area contributed by atoms with Crippen LogP contribution in [0.2, 0.25) is 0 Å². The number of halogens is 1. The van der Waals surface area contributed by atoms with Crippen LogP contribution in [0.15, 0.2) is 72.8 Å². The molecule has 0 saturated carbocycles. The molecule has 36 heavy (non-hydrogen) atoms. The maximum Gasteiger partial charge on any atom is 0.224 e. The summed E-state index contributed by atoms with van der Waals surface area (Å²) in [5.41, 5.74) is 4.31. The average Bonchev–Trinajstić information content (AvgIpc) is 2.90. The minimum Gasteiger partial charge on any atom is -0.497 e. The van der Waals surface area contributed by atoms with Gasteiger partial charge in [-0.3, -0.25) is 9.69 Å². The first kappa shape index (κ1) is 25.5. The van der Waals surface area contributed by atoms with Crippen LogP contribution in [0.5, 0.6) is 5.75 Å². The lowest BCUT2D eigenvalue weighted by atomic mass is 10.0. The van der Waals surface area contributed by atoms with E-state index in [-0.39, 0.29) is 17.8 Å². The molecular formula is C29H35FN4O2. The number of carbonyl (C=O) groups is 1. The predicted octanol–water partition coefficient (Wildman–Crippen LogP) is 4.12. The molecule has 1 amide bonds. The molecule has 1 atom stereocenters. The largest absolute Gasteiger partial charge is 0.497 e. The number of hydrogen-bond donors (Lipinski definition) is 1. The van der Waals surface area contributed by atoms with Gasteiger partial charge in [0.05, 0.1) is 19.6 Å². The second-order valence-electron chi connectivity index (χ2n) is 9.33. The van der Waals surface area contributed by atoms with E-state index >= 15 is 0 Å². The van der Waals surface area contributed by atoms with Crippen LogP contribution in [0.1, 0.15) is 17.2 Å². The van der Waals surface area contributed by atoms with Crippen LogP contribution < -0.4 is 19.9 Å². The first-order valence-electron chi connectivity index (χ1n) is 12.3. The quantitative estimate of drug-likeness (QED) is 0.489. The Morgan fingerprint density at radius 2 is 1.58 bits per heavy atom. The van der Waals surface area contributed by atoms with Crippen molar-refractivity contribution in [2.75, 3.05) is 63.7 Å². The Bertz CT molecular complexity index is 1110. The monoisotopic (exact) mass is 490 g/mol. The van der Waals surface area contributed by atoms with Gasteiger partial charge >= 0.3 is 0 Å². The molecule has 0 spiro atoms. The van der Waals surface area contributed by atoms with E-state index in [1.165, 1.54) is 17.7 Å². The van der Waals surface area contributed by atoms with E-state index in [0.29, 0.717) is 13.0 Å². The van der Waals surface area contributed by atoms with Gasteiger partial charge in [0.25, 0.3) is 0 Å². The molecule has 0 aromatic heterocycles. The van der Waals surface area contributed by atoms with Gasteiger partial charge in [0.2, 0.25) is 5.91 Å². The smallest absolute Gasteiger partial charge is 0.224 e. The average molecular weight is 491 g/mol. The molecule has 7 heteroatoms. The molecule has 0 radical (unpaired) electrons. The van der Waals surface area contributed by atoms with Crippen molar-refractivity contribution in [2.24, 2.45) is 0 Å². The van der Waals surface area contributed by atoms with Crippen LogP contribution in [0.4, 0.5) is 15.8 Å². The second kappa shape index (κ2) is 11.9. The number of carbonyl (C=O) groups excluding carboxylic acids is 1. The Morgan fingerprint density at radius 3 is 2.17 bits per heavy atom. The zero-order chi connectivity index (χ0) is 25.5. The van der Waals surface area contributed by atoms with Crippen molar-refractivity contribution in [3.05, 3.63) is 89.7 Å². The van der Waals surface area contributed by atoms with Crippen molar-refractivity contribution in [3.8, 4) is 5.75 Å². The lowest BCUT2D eigenvalue weighted by Crippen LogP contribution is -2.50. The highest BCUT2D eigenvalue weighted by Gasteiger charge is 2.26. The fourth-order valence-electron chi connectivity index (χ4n) is 4.60. The number of benzene rings is 3. The molecule has 1 aliphatic rings. The van der Waals surface area contributed by atoms with Crippen molar-refractivity contribution in [1.29, 1.82) is 0 Å². The van der Waals surface area contributed by atoms with Gasteiger partial charge in [0.1, 0.15) is 11.6 Å². The standard InChI is InChI=1S/C29H35FN4O2/c1-32(2)25-10-6-23(7-11-25)28(21-31-29(35)20-22-4-14-27(36-3)15-5-22)34-18-16-33(17-19-34)26-12-8-24(30)9-13-26/h4-15,28H,16-21H2,1-3H3,(H,31,35). The molecule has 4 rings (SSSR count). The lowest BCUT2D eigenvalue weighted by Gasteiger charge is -2.40. The number of anilines is 2. The third-order valence-electron chi connectivity index (χ3n) is 6.76. The van der Waals surface area contributed by atoms with E-state index in [9.17, 15) is 9.18 Å². The molecule has 3 aromatic rings. The molecule has 1 saturated heterocycles. The van der Waals surface area contributed by atoms with Gasteiger partial charge in [-0.1, -0.05) is 24.3 Å². The highest BCUT2D eigenvalue weighted by molar-refractivity contribution is 5.78. The summed E-state index contributed by atoms with van der Waals surface area (Å²) in [6, 6.07) is 22.9. The Hall–Kier alpha value is -3.58. The van der Waals surface area contributed by atoms with E-state index < -0.39 is 0 Å². The molecule has 1 N–H and O–H groups in total. The molecule has 3 aromatic carbocycles. The van der Waals surface area contributed by atoms with Crippen LogP contribution in [-0.2, 0) is 11.2 Å². The van der Waals surface area contributed by atoms with Crippen LogP contribution in [-0.4, -0.2) is 64.7 Å². The maximum absolute atomic E-state index is 13.3. The summed E-state index contributed by atoms with van der Waals surface area (Å²) in [5.74, 6) is 0.559. The molecule has 1 unspecified atom stereocenters. The summed E-state index contributed by atoms with van der Waals surface area (Å²) in [5, 5.41) is 3.16. The normalized spacial score (nSPS) is 14.8. The summed E-state index contributed by atoms with van der Waals surface area (Å²) < 4.78 is 18.5. The predicted molar refractivity (Wildman–Crippen MR) is 143 cm³/mol. The van der Waals surface area contributed by atoms with Crippen molar-refractivity contribution < 1.29 is 13.9 Å². The number of amides is 1. The van der Waals surface area contributed by atoms with Crippen LogP contribution >= 0.6 is 0 Å². The van der Waals surface area contributed by atoms with Gasteiger partial charge in [-0.25, -0.2) is 4.39 Å². The molecule has 190 valence electrons. The zero-order valence-corrected chi connectivity index (χ0v) is 21.3. The highest BCUT2D eigenvalue weighted by Crippen LogP contribution is 2.26.